The van der Waals surface area contributed by atoms with Gasteiger partial charge in [-0.05, 0) is 78.2 Å². The van der Waals surface area contributed by atoms with Gasteiger partial charge in [0, 0.05) is 15.6 Å². The Hall–Kier alpha value is -1.35. The van der Waals surface area contributed by atoms with E-state index in [4.69, 9.17) is 0 Å². The van der Waals surface area contributed by atoms with E-state index in [-0.39, 0.29) is 11.4 Å². The molecule has 6 rings (SSSR count). The van der Waals surface area contributed by atoms with E-state index < -0.39 is 0 Å². The number of rotatable bonds is 2. The third-order valence-electron chi connectivity index (χ3n) is 7.12. The van der Waals surface area contributed by atoms with Crippen LogP contribution in [0.5, 0.6) is 0 Å². The Balaban J connectivity index is 1.51. The zero-order valence-corrected chi connectivity index (χ0v) is 17.2. The van der Waals surface area contributed by atoms with Crippen LogP contribution in [0.1, 0.15) is 62.7 Å². The molecular weight excluding hydrogens is 386 g/mol. The molecule has 0 aliphatic heterocycles. The Labute approximate surface area is 163 Å². The third-order valence-corrected chi connectivity index (χ3v) is 7.81. The summed E-state index contributed by atoms with van der Waals surface area (Å²) >= 11 is 3.62. The van der Waals surface area contributed by atoms with Gasteiger partial charge in [0.05, 0.1) is 0 Å². The number of carbonyl (C=O) groups excluding carboxylic acids is 1. The molecule has 2 aromatic rings. The van der Waals surface area contributed by atoms with Crippen molar-refractivity contribution in [3.8, 4) is 0 Å². The van der Waals surface area contributed by atoms with Gasteiger partial charge in [0.2, 0.25) is 0 Å². The van der Waals surface area contributed by atoms with Crippen LogP contribution in [-0.2, 0) is 0 Å². The Morgan fingerprint density at radius 1 is 0.962 bits per heavy atom. The monoisotopic (exact) mass is 411 g/mol. The van der Waals surface area contributed by atoms with Crippen molar-refractivity contribution in [2.45, 2.75) is 57.9 Å². The number of amides is 1. The second-order valence-electron chi connectivity index (χ2n) is 10.0. The van der Waals surface area contributed by atoms with Crippen molar-refractivity contribution in [2.75, 3.05) is 0 Å². The molecule has 2 nitrogen and oxygen atoms in total. The van der Waals surface area contributed by atoms with Gasteiger partial charge in [-0.15, -0.1) is 0 Å². The lowest BCUT2D eigenvalue weighted by Gasteiger charge is -2.65. The average molecular weight is 412 g/mol. The fraction of sp³-hybridized carbons (Fsp3) is 0.522. The van der Waals surface area contributed by atoms with Crippen LogP contribution in [0.4, 0.5) is 0 Å². The maximum atomic E-state index is 13.3. The number of hydrogen-bond acceptors (Lipinski definition) is 1. The smallest absolute Gasteiger partial charge is 0.252 e. The van der Waals surface area contributed by atoms with Gasteiger partial charge in [-0.2, -0.15) is 0 Å². The molecule has 4 fully saturated rings. The zero-order valence-electron chi connectivity index (χ0n) is 15.6. The molecule has 4 bridgehead atoms. The minimum Gasteiger partial charge on any atom is -0.347 e. The molecule has 4 aliphatic carbocycles. The van der Waals surface area contributed by atoms with Crippen LogP contribution in [0.25, 0.3) is 10.8 Å². The van der Waals surface area contributed by atoms with Crippen molar-refractivity contribution >= 4 is 32.6 Å². The fourth-order valence-corrected chi connectivity index (χ4v) is 7.86. The van der Waals surface area contributed by atoms with E-state index in [1.54, 1.807) is 0 Å². The van der Waals surface area contributed by atoms with E-state index in [0.29, 0.717) is 10.8 Å². The van der Waals surface area contributed by atoms with Crippen molar-refractivity contribution < 1.29 is 4.79 Å². The lowest BCUT2D eigenvalue weighted by atomic mass is 9.43. The highest BCUT2D eigenvalue weighted by Gasteiger charge is 2.60. The molecule has 0 radical (unpaired) electrons. The van der Waals surface area contributed by atoms with E-state index in [9.17, 15) is 4.79 Å². The van der Waals surface area contributed by atoms with E-state index >= 15 is 0 Å². The minimum absolute atomic E-state index is 0.00578. The highest BCUT2D eigenvalue weighted by molar-refractivity contribution is 9.10. The molecular formula is C23H26BrNO. The molecule has 0 spiro atoms. The second-order valence-corrected chi connectivity index (χ2v) is 10.9. The Morgan fingerprint density at radius 2 is 1.62 bits per heavy atom. The van der Waals surface area contributed by atoms with Crippen LogP contribution in [0.15, 0.2) is 40.9 Å². The molecule has 136 valence electrons. The molecule has 0 unspecified atom stereocenters. The molecule has 0 saturated heterocycles. The van der Waals surface area contributed by atoms with Gasteiger partial charge >= 0.3 is 0 Å². The molecule has 1 N–H and O–H groups in total. The van der Waals surface area contributed by atoms with E-state index in [2.05, 4.69) is 47.2 Å². The van der Waals surface area contributed by atoms with Crippen LogP contribution in [0.2, 0.25) is 0 Å². The number of halogens is 1. The summed E-state index contributed by atoms with van der Waals surface area (Å²) in [6.07, 6.45) is 7.48. The quantitative estimate of drug-likeness (QED) is 0.636. The maximum Gasteiger partial charge on any atom is 0.252 e. The molecule has 0 aromatic heterocycles. The summed E-state index contributed by atoms with van der Waals surface area (Å²) in [6.45, 7) is 4.90. The first-order valence-electron chi connectivity index (χ1n) is 9.79. The summed E-state index contributed by atoms with van der Waals surface area (Å²) in [5.74, 6) is 0.881. The molecule has 3 heteroatoms. The molecule has 2 aromatic carbocycles. The summed E-state index contributed by atoms with van der Waals surface area (Å²) in [5, 5.41) is 5.68. The largest absolute Gasteiger partial charge is 0.347 e. The first-order chi connectivity index (χ1) is 12.3. The van der Waals surface area contributed by atoms with Crippen LogP contribution < -0.4 is 5.32 Å². The minimum atomic E-state index is -0.00578. The first-order valence-corrected chi connectivity index (χ1v) is 10.6. The van der Waals surface area contributed by atoms with Crippen molar-refractivity contribution in [2.24, 2.45) is 16.7 Å². The summed E-state index contributed by atoms with van der Waals surface area (Å²) in [6, 6.07) is 12.1. The van der Waals surface area contributed by atoms with Gasteiger partial charge in [0.1, 0.15) is 0 Å². The number of carbonyl (C=O) groups is 1. The highest BCUT2D eigenvalue weighted by Crippen LogP contribution is 2.66. The number of hydrogen-bond donors (Lipinski definition) is 1. The van der Waals surface area contributed by atoms with Crippen molar-refractivity contribution in [1.82, 2.24) is 5.32 Å². The third kappa shape index (κ3) is 2.54. The number of benzene rings is 2. The van der Waals surface area contributed by atoms with Gasteiger partial charge in [-0.3, -0.25) is 4.79 Å². The Kier molecular flexibility index (Phi) is 3.45. The molecule has 4 saturated carbocycles. The SMILES string of the molecule is C[C@@]12CC3CC(NC(=O)c4cccc5c(Br)cccc45)(C1)C[C@@](C)(C3)C2. The Bertz CT molecular complexity index is 902. The van der Waals surface area contributed by atoms with Crippen molar-refractivity contribution in [3.05, 3.63) is 46.4 Å². The normalized spacial score (nSPS) is 37.9. The summed E-state index contributed by atoms with van der Waals surface area (Å²) in [4.78, 5) is 13.3. The topological polar surface area (TPSA) is 29.1 Å². The predicted molar refractivity (Wildman–Crippen MR) is 109 cm³/mol. The number of nitrogens with one attached hydrogen (secondary N) is 1. The van der Waals surface area contributed by atoms with Crippen LogP contribution in [0, 0.1) is 16.7 Å². The van der Waals surface area contributed by atoms with Crippen LogP contribution in [0.3, 0.4) is 0 Å². The molecule has 1 amide bonds. The predicted octanol–water partition coefficient (Wildman–Crippen LogP) is 6.08. The standard InChI is InChI=1S/C23H26BrNO/c1-21-9-15-10-22(2,12-21)14-23(11-15,13-21)25-20(26)18-7-3-6-17-16(18)5-4-8-19(17)24/h3-8,15H,9-14H2,1-2H3,(H,25,26)/t15?,21-,22-,23?/m0/s1. The van der Waals surface area contributed by atoms with Gasteiger partial charge in [-0.25, -0.2) is 0 Å². The lowest BCUT2D eigenvalue weighted by molar-refractivity contribution is -0.114. The highest BCUT2D eigenvalue weighted by atomic mass is 79.9. The van der Waals surface area contributed by atoms with Crippen LogP contribution >= 0.6 is 15.9 Å². The number of fused-ring (bicyclic) bond motifs is 1. The van der Waals surface area contributed by atoms with Gasteiger partial charge in [0.25, 0.3) is 5.91 Å². The first kappa shape index (κ1) is 16.8. The molecule has 4 aliphatic rings. The van der Waals surface area contributed by atoms with Crippen molar-refractivity contribution in [3.63, 3.8) is 0 Å². The molecule has 0 heterocycles. The lowest BCUT2D eigenvalue weighted by Crippen LogP contribution is -2.65. The fourth-order valence-electron chi connectivity index (χ4n) is 7.36. The average Bonchev–Trinajstić information content (AvgIpc) is 2.50. The van der Waals surface area contributed by atoms with E-state index in [0.717, 1.165) is 39.6 Å². The molecule has 2 atom stereocenters. The van der Waals surface area contributed by atoms with E-state index in [1.807, 2.05) is 24.3 Å². The van der Waals surface area contributed by atoms with Gasteiger partial charge < -0.3 is 5.32 Å². The van der Waals surface area contributed by atoms with Crippen LogP contribution in [-0.4, -0.2) is 11.4 Å². The van der Waals surface area contributed by atoms with E-state index in [1.165, 1.54) is 25.7 Å². The maximum absolute atomic E-state index is 13.3. The van der Waals surface area contributed by atoms with Gasteiger partial charge in [-0.1, -0.05) is 54.0 Å². The van der Waals surface area contributed by atoms with Gasteiger partial charge in [0.15, 0.2) is 0 Å². The van der Waals surface area contributed by atoms with Crippen molar-refractivity contribution in [1.29, 1.82) is 0 Å². The second kappa shape index (κ2) is 5.34. The zero-order chi connectivity index (χ0) is 18.2. The summed E-state index contributed by atoms with van der Waals surface area (Å²) in [7, 11) is 0. The Morgan fingerprint density at radius 3 is 2.31 bits per heavy atom. The summed E-state index contributed by atoms with van der Waals surface area (Å²) < 4.78 is 1.04. The molecule has 26 heavy (non-hydrogen) atoms. The summed E-state index contributed by atoms with van der Waals surface area (Å²) in [5.41, 5.74) is 1.61.